The van der Waals surface area contributed by atoms with Gasteiger partial charge in [-0.1, -0.05) is 6.92 Å². The number of amides is 1. The van der Waals surface area contributed by atoms with Gasteiger partial charge in [0.05, 0.1) is 5.51 Å². The average Bonchev–Trinajstić information content (AvgIpc) is 3.25. The van der Waals surface area contributed by atoms with Gasteiger partial charge in [0.25, 0.3) is 15.9 Å². The zero-order chi connectivity index (χ0) is 16.4. The van der Waals surface area contributed by atoms with Crippen LogP contribution in [0.25, 0.3) is 0 Å². The largest absolute Gasteiger partial charge is 0.335 e. The van der Waals surface area contributed by atoms with Crippen LogP contribution in [0.2, 0.25) is 0 Å². The number of piperazine rings is 1. The molecule has 1 aliphatic heterocycles. The van der Waals surface area contributed by atoms with Gasteiger partial charge in [-0.3, -0.25) is 4.79 Å². The van der Waals surface area contributed by atoms with Crippen molar-refractivity contribution in [2.75, 3.05) is 26.2 Å². The van der Waals surface area contributed by atoms with Crippen molar-refractivity contribution in [3.8, 4) is 0 Å². The van der Waals surface area contributed by atoms with Crippen molar-refractivity contribution in [2.45, 2.75) is 17.6 Å². The third-order valence-electron chi connectivity index (χ3n) is 3.76. The molecule has 2 aromatic heterocycles. The molecule has 3 rings (SSSR count). The van der Waals surface area contributed by atoms with E-state index in [2.05, 4.69) is 4.98 Å². The van der Waals surface area contributed by atoms with E-state index in [1.54, 1.807) is 21.9 Å². The first kappa shape index (κ1) is 16.6. The van der Waals surface area contributed by atoms with Gasteiger partial charge in [0, 0.05) is 36.4 Å². The van der Waals surface area contributed by atoms with Crippen LogP contribution in [-0.4, -0.2) is 54.7 Å². The first-order valence-corrected chi connectivity index (χ1v) is 10.5. The number of rotatable bonds is 4. The minimum Gasteiger partial charge on any atom is -0.335 e. The van der Waals surface area contributed by atoms with Gasteiger partial charge in [-0.2, -0.15) is 4.31 Å². The Morgan fingerprint density at radius 1 is 1.26 bits per heavy atom. The highest BCUT2D eigenvalue weighted by atomic mass is 32.2. The van der Waals surface area contributed by atoms with Crippen molar-refractivity contribution in [1.82, 2.24) is 14.2 Å². The highest BCUT2D eigenvalue weighted by Crippen LogP contribution is 2.26. The number of aryl methyl sites for hydroxylation is 1. The second-order valence-electron chi connectivity index (χ2n) is 5.14. The molecule has 9 heteroatoms. The topological polar surface area (TPSA) is 70.6 Å². The van der Waals surface area contributed by atoms with Crippen LogP contribution in [0.15, 0.2) is 27.2 Å². The summed E-state index contributed by atoms with van der Waals surface area (Å²) in [5.41, 5.74) is 2.05. The van der Waals surface area contributed by atoms with Crippen LogP contribution in [0.4, 0.5) is 0 Å². The number of nitrogens with zero attached hydrogens (tertiary/aromatic N) is 3. The van der Waals surface area contributed by atoms with Crippen molar-refractivity contribution in [1.29, 1.82) is 0 Å². The lowest BCUT2D eigenvalue weighted by Gasteiger charge is -2.33. The van der Waals surface area contributed by atoms with Crippen molar-refractivity contribution in [3.05, 3.63) is 33.6 Å². The number of hydrogen-bond acceptors (Lipinski definition) is 6. The van der Waals surface area contributed by atoms with Crippen molar-refractivity contribution < 1.29 is 13.2 Å². The molecular formula is C14H17N3O3S3. The maximum atomic E-state index is 12.6. The van der Waals surface area contributed by atoms with Crippen LogP contribution < -0.4 is 0 Å². The van der Waals surface area contributed by atoms with Crippen molar-refractivity contribution in [2.24, 2.45) is 0 Å². The van der Waals surface area contributed by atoms with Crippen LogP contribution in [0.5, 0.6) is 0 Å². The van der Waals surface area contributed by atoms with Crippen molar-refractivity contribution in [3.63, 3.8) is 0 Å². The van der Waals surface area contributed by atoms with Gasteiger partial charge in [0.1, 0.15) is 9.90 Å². The summed E-state index contributed by atoms with van der Waals surface area (Å²) in [6, 6.07) is 3.53. The van der Waals surface area contributed by atoms with E-state index in [4.69, 9.17) is 0 Å². The number of carbonyl (C=O) groups is 1. The first-order chi connectivity index (χ1) is 11.0. The first-order valence-electron chi connectivity index (χ1n) is 7.28. The normalized spacial score (nSPS) is 16.7. The minimum atomic E-state index is -3.45. The van der Waals surface area contributed by atoms with Crippen LogP contribution >= 0.6 is 22.7 Å². The Hall–Kier alpha value is -1.29. The molecular weight excluding hydrogens is 354 g/mol. The summed E-state index contributed by atoms with van der Waals surface area (Å²) in [6.07, 6.45) is 0.829. The monoisotopic (exact) mass is 371 g/mol. The number of aromatic nitrogens is 1. The Kier molecular flexibility index (Phi) is 4.81. The van der Waals surface area contributed by atoms with E-state index in [1.807, 2.05) is 13.0 Å². The molecule has 0 unspecified atom stereocenters. The minimum absolute atomic E-state index is 0.132. The quantitative estimate of drug-likeness (QED) is 0.823. The lowest BCUT2D eigenvalue weighted by atomic mass is 10.3. The van der Waals surface area contributed by atoms with Gasteiger partial charge in [-0.15, -0.1) is 22.7 Å². The molecule has 0 saturated carbocycles. The SMILES string of the molecule is CCc1ccc(S(=O)(=O)N2CCN(C(=O)c3cscn3)CC2)s1. The lowest BCUT2D eigenvalue weighted by Crippen LogP contribution is -2.50. The van der Waals surface area contributed by atoms with Gasteiger partial charge in [-0.25, -0.2) is 13.4 Å². The predicted molar refractivity (Wildman–Crippen MR) is 90.5 cm³/mol. The molecule has 3 heterocycles. The molecule has 0 atom stereocenters. The summed E-state index contributed by atoms with van der Waals surface area (Å²) in [7, 11) is -3.45. The molecule has 1 amide bonds. The molecule has 1 fully saturated rings. The van der Waals surface area contributed by atoms with Crippen LogP contribution in [0.3, 0.4) is 0 Å². The highest BCUT2D eigenvalue weighted by Gasteiger charge is 2.31. The molecule has 124 valence electrons. The summed E-state index contributed by atoms with van der Waals surface area (Å²) < 4.78 is 27.1. The number of thiazole rings is 1. The number of sulfonamides is 1. The second kappa shape index (κ2) is 6.68. The molecule has 0 N–H and O–H groups in total. The van der Waals surface area contributed by atoms with E-state index in [0.29, 0.717) is 36.1 Å². The average molecular weight is 372 g/mol. The van der Waals surface area contributed by atoms with E-state index in [9.17, 15) is 13.2 Å². The number of carbonyl (C=O) groups excluding carboxylic acids is 1. The Labute approximate surface area is 143 Å². The third kappa shape index (κ3) is 3.32. The molecule has 23 heavy (non-hydrogen) atoms. The van der Waals surface area contributed by atoms with E-state index >= 15 is 0 Å². The fraction of sp³-hybridized carbons (Fsp3) is 0.429. The summed E-state index contributed by atoms with van der Waals surface area (Å²) in [5.74, 6) is -0.132. The van der Waals surface area contributed by atoms with Crippen LogP contribution in [-0.2, 0) is 16.4 Å². The summed E-state index contributed by atoms with van der Waals surface area (Å²) in [5, 5.41) is 1.71. The van der Waals surface area contributed by atoms with E-state index in [-0.39, 0.29) is 5.91 Å². The molecule has 0 aromatic carbocycles. The molecule has 2 aromatic rings. The van der Waals surface area contributed by atoms with Gasteiger partial charge in [-0.05, 0) is 18.6 Å². The maximum Gasteiger partial charge on any atom is 0.273 e. The molecule has 0 aliphatic carbocycles. The lowest BCUT2D eigenvalue weighted by molar-refractivity contribution is 0.0693. The standard InChI is InChI=1S/C14H17N3O3S3/c1-2-11-3-4-13(22-11)23(19,20)17-7-5-16(6-8-17)14(18)12-9-21-10-15-12/h3-4,9-10H,2,5-8H2,1H3. The second-order valence-corrected chi connectivity index (χ2v) is 9.20. The zero-order valence-electron chi connectivity index (χ0n) is 12.6. The molecule has 6 nitrogen and oxygen atoms in total. The third-order valence-corrected chi connectivity index (χ3v) is 7.94. The van der Waals surface area contributed by atoms with Gasteiger partial charge in [0.2, 0.25) is 0 Å². The Morgan fingerprint density at radius 2 is 2.00 bits per heavy atom. The zero-order valence-corrected chi connectivity index (χ0v) is 15.1. The van der Waals surface area contributed by atoms with Gasteiger partial charge < -0.3 is 4.90 Å². The van der Waals surface area contributed by atoms with E-state index < -0.39 is 10.0 Å². The summed E-state index contributed by atoms with van der Waals surface area (Å²) in [4.78, 5) is 19.0. The van der Waals surface area contributed by atoms with Crippen molar-refractivity contribution >= 4 is 38.6 Å². The van der Waals surface area contributed by atoms with E-state index in [0.717, 1.165) is 11.3 Å². The Morgan fingerprint density at radius 3 is 2.57 bits per heavy atom. The maximum absolute atomic E-state index is 12.6. The number of thiophene rings is 1. The predicted octanol–water partition coefficient (Wildman–Crippen LogP) is 1.91. The van der Waals surface area contributed by atoms with Gasteiger partial charge in [0.15, 0.2) is 0 Å². The fourth-order valence-corrected chi connectivity index (χ4v) is 5.82. The van der Waals surface area contributed by atoms with Crippen LogP contribution in [0, 0.1) is 0 Å². The molecule has 0 spiro atoms. The molecule has 1 saturated heterocycles. The Bertz CT molecular complexity index is 775. The smallest absolute Gasteiger partial charge is 0.273 e. The van der Waals surface area contributed by atoms with E-state index in [1.165, 1.54) is 27.0 Å². The van der Waals surface area contributed by atoms with Crippen LogP contribution in [0.1, 0.15) is 22.3 Å². The molecule has 0 radical (unpaired) electrons. The fourth-order valence-electron chi connectivity index (χ4n) is 2.43. The summed E-state index contributed by atoms with van der Waals surface area (Å²) >= 11 is 2.69. The number of hydrogen-bond donors (Lipinski definition) is 0. The molecule has 0 bridgehead atoms. The van der Waals surface area contributed by atoms with Gasteiger partial charge >= 0.3 is 0 Å². The summed E-state index contributed by atoms with van der Waals surface area (Å²) in [6.45, 7) is 3.42. The molecule has 1 aliphatic rings. The Balaban J connectivity index is 1.67. The highest BCUT2D eigenvalue weighted by molar-refractivity contribution is 7.91.